The fourth-order valence-corrected chi connectivity index (χ4v) is 2.79. The zero-order chi connectivity index (χ0) is 21.9. The molecule has 0 aliphatic rings. The van der Waals surface area contributed by atoms with Gasteiger partial charge in [-0.05, 0) is 36.2 Å². The van der Waals surface area contributed by atoms with Gasteiger partial charge in [0.1, 0.15) is 5.75 Å². The van der Waals surface area contributed by atoms with Crippen molar-refractivity contribution in [2.24, 2.45) is 5.92 Å². The summed E-state index contributed by atoms with van der Waals surface area (Å²) >= 11 is 0. The Morgan fingerprint density at radius 2 is 1.67 bits per heavy atom. The third-order valence-corrected chi connectivity index (χ3v) is 4.72. The van der Waals surface area contributed by atoms with Gasteiger partial charge in [-0.15, -0.1) is 0 Å². The van der Waals surface area contributed by atoms with Crippen LogP contribution < -0.4 is 15.4 Å². The molecule has 0 aliphatic carbocycles. The molecule has 0 heterocycles. The number of ether oxygens (including phenoxy) is 1. The van der Waals surface area contributed by atoms with Crippen LogP contribution in [0.4, 0.5) is 5.69 Å². The third kappa shape index (κ3) is 7.24. The Kier molecular flexibility index (Phi) is 8.87. The highest BCUT2D eigenvalue weighted by Crippen LogP contribution is 2.15. The Hall–Kier alpha value is -3.35. The summed E-state index contributed by atoms with van der Waals surface area (Å²) in [7, 11) is 1.57. The highest BCUT2D eigenvalue weighted by molar-refractivity contribution is 5.95. The van der Waals surface area contributed by atoms with Gasteiger partial charge in [-0.25, -0.2) is 0 Å². The average molecular weight is 412 g/mol. The van der Waals surface area contributed by atoms with E-state index >= 15 is 0 Å². The molecule has 2 aromatic carbocycles. The molecule has 0 saturated heterocycles. The van der Waals surface area contributed by atoms with E-state index in [1.165, 1.54) is 4.90 Å². The molecule has 2 N–H and O–H groups in total. The molecule has 0 aliphatic heterocycles. The van der Waals surface area contributed by atoms with Crippen molar-refractivity contribution in [3.05, 3.63) is 60.2 Å². The molecule has 7 nitrogen and oxygen atoms in total. The number of rotatable bonds is 10. The Labute approximate surface area is 177 Å². The number of carbonyl (C=O) groups is 3. The summed E-state index contributed by atoms with van der Waals surface area (Å²) in [5, 5.41) is 5.29. The zero-order valence-electron chi connectivity index (χ0n) is 17.7. The van der Waals surface area contributed by atoms with Crippen LogP contribution in [-0.2, 0) is 20.9 Å². The first-order valence-electron chi connectivity index (χ1n) is 9.96. The van der Waals surface area contributed by atoms with E-state index in [0.717, 1.165) is 5.56 Å². The molecule has 0 bridgehead atoms. The topological polar surface area (TPSA) is 87.7 Å². The summed E-state index contributed by atoms with van der Waals surface area (Å²) < 4.78 is 5.07. The molecule has 2 rings (SSSR count). The highest BCUT2D eigenvalue weighted by atomic mass is 16.5. The normalized spacial score (nSPS) is 11.3. The van der Waals surface area contributed by atoms with Gasteiger partial charge in [-0.3, -0.25) is 14.4 Å². The lowest BCUT2D eigenvalue weighted by Crippen LogP contribution is -2.44. The smallest absolute Gasteiger partial charge is 0.243 e. The van der Waals surface area contributed by atoms with Crippen molar-refractivity contribution in [1.29, 1.82) is 0 Å². The van der Waals surface area contributed by atoms with Gasteiger partial charge in [0.05, 0.1) is 20.2 Å². The fourth-order valence-electron chi connectivity index (χ4n) is 2.79. The summed E-state index contributed by atoms with van der Waals surface area (Å²) in [6.07, 6.45) is 0.690. The summed E-state index contributed by atoms with van der Waals surface area (Å²) in [5.74, 6) is -0.311. The van der Waals surface area contributed by atoms with E-state index in [9.17, 15) is 14.4 Å². The lowest BCUT2D eigenvalue weighted by molar-refractivity contribution is -0.139. The quantitative estimate of drug-likeness (QED) is 0.629. The second-order valence-corrected chi connectivity index (χ2v) is 7.04. The summed E-state index contributed by atoms with van der Waals surface area (Å²) in [5.41, 5.74) is 1.55. The van der Waals surface area contributed by atoms with Gasteiger partial charge in [-0.1, -0.05) is 44.2 Å². The van der Waals surface area contributed by atoms with Gasteiger partial charge in [0.25, 0.3) is 0 Å². The minimum Gasteiger partial charge on any atom is -0.497 e. The Bertz CT molecular complexity index is 837. The van der Waals surface area contributed by atoms with Crippen molar-refractivity contribution < 1.29 is 19.1 Å². The van der Waals surface area contributed by atoms with Gasteiger partial charge < -0.3 is 20.3 Å². The predicted octanol–water partition coefficient (Wildman–Crippen LogP) is 2.82. The van der Waals surface area contributed by atoms with Gasteiger partial charge in [0.15, 0.2) is 0 Å². The molecule has 0 fully saturated rings. The van der Waals surface area contributed by atoms with E-state index in [4.69, 9.17) is 4.74 Å². The standard InChI is InChI=1S/C23H29N3O4/c1-4-17(2)23(29)26(15-18-8-6-5-7-9-18)16-22(28)24-14-21(27)25-19-10-12-20(30-3)13-11-19/h5-13,17H,4,14-16H2,1-3H3,(H,24,28)(H,25,27)/t17-/m1/s1. The SMILES string of the molecule is CC[C@@H](C)C(=O)N(CC(=O)NCC(=O)Nc1ccc(OC)cc1)Cc1ccccc1. The van der Waals surface area contributed by atoms with Crippen molar-refractivity contribution in [1.82, 2.24) is 10.2 Å². The molecule has 160 valence electrons. The van der Waals surface area contributed by atoms with E-state index in [2.05, 4.69) is 10.6 Å². The van der Waals surface area contributed by atoms with Crippen LogP contribution in [0.1, 0.15) is 25.8 Å². The molecule has 0 radical (unpaired) electrons. The Morgan fingerprint density at radius 3 is 2.27 bits per heavy atom. The van der Waals surface area contributed by atoms with Crippen molar-refractivity contribution in [3.8, 4) is 5.75 Å². The first-order chi connectivity index (χ1) is 14.4. The van der Waals surface area contributed by atoms with Crippen LogP contribution >= 0.6 is 0 Å². The average Bonchev–Trinajstić information content (AvgIpc) is 2.77. The molecule has 0 saturated carbocycles. The van der Waals surface area contributed by atoms with E-state index in [-0.39, 0.29) is 36.7 Å². The van der Waals surface area contributed by atoms with Gasteiger partial charge >= 0.3 is 0 Å². The number of hydrogen-bond donors (Lipinski definition) is 2. The Balaban J connectivity index is 1.90. The van der Waals surface area contributed by atoms with Crippen LogP contribution in [0.15, 0.2) is 54.6 Å². The molecule has 0 unspecified atom stereocenters. The highest BCUT2D eigenvalue weighted by Gasteiger charge is 2.22. The maximum absolute atomic E-state index is 12.7. The van der Waals surface area contributed by atoms with E-state index < -0.39 is 0 Å². The minimum absolute atomic E-state index is 0.0841. The number of methoxy groups -OCH3 is 1. The summed E-state index contributed by atoms with van der Waals surface area (Å²) in [6.45, 7) is 3.85. The van der Waals surface area contributed by atoms with Crippen molar-refractivity contribution in [3.63, 3.8) is 0 Å². The van der Waals surface area contributed by atoms with E-state index in [1.807, 2.05) is 44.2 Å². The number of anilines is 1. The summed E-state index contributed by atoms with van der Waals surface area (Å²) in [4.78, 5) is 38.7. The molecule has 0 spiro atoms. The maximum atomic E-state index is 12.7. The van der Waals surface area contributed by atoms with Crippen LogP contribution in [0.25, 0.3) is 0 Å². The van der Waals surface area contributed by atoms with Crippen LogP contribution in [-0.4, -0.2) is 42.8 Å². The van der Waals surface area contributed by atoms with E-state index in [1.54, 1.807) is 31.4 Å². The number of carbonyl (C=O) groups excluding carboxylic acids is 3. The van der Waals surface area contributed by atoms with Crippen molar-refractivity contribution in [2.75, 3.05) is 25.5 Å². The molecular formula is C23H29N3O4. The maximum Gasteiger partial charge on any atom is 0.243 e. The third-order valence-electron chi connectivity index (χ3n) is 4.72. The second-order valence-electron chi connectivity index (χ2n) is 7.04. The summed E-state index contributed by atoms with van der Waals surface area (Å²) in [6, 6.07) is 16.4. The lowest BCUT2D eigenvalue weighted by atomic mass is 10.1. The molecule has 30 heavy (non-hydrogen) atoms. The predicted molar refractivity (Wildman–Crippen MR) is 116 cm³/mol. The number of benzene rings is 2. The fraction of sp³-hybridized carbons (Fsp3) is 0.348. The van der Waals surface area contributed by atoms with E-state index in [0.29, 0.717) is 24.4 Å². The minimum atomic E-state index is -0.382. The molecule has 3 amide bonds. The van der Waals surface area contributed by atoms with Crippen LogP contribution in [0.5, 0.6) is 5.75 Å². The van der Waals surface area contributed by atoms with Crippen molar-refractivity contribution in [2.45, 2.75) is 26.8 Å². The van der Waals surface area contributed by atoms with Crippen molar-refractivity contribution >= 4 is 23.4 Å². The van der Waals surface area contributed by atoms with Crippen LogP contribution in [0.2, 0.25) is 0 Å². The van der Waals surface area contributed by atoms with Crippen LogP contribution in [0, 0.1) is 5.92 Å². The lowest BCUT2D eigenvalue weighted by Gasteiger charge is -2.25. The molecule has 2 aromatic rings. The van der Waals surface area contributed by atoms with Gasteiger partial charge in [0, 0.05) is 18.2 Å². The largest absolute Gasteiger partial charge is 0.497 e. The number of nitrogens with one attached hydrogen (secondary N) is 2. The Morgan fingerprint density at radius 1 is 1.00 bits per heavy atom. The molecule has 1 atom stereocenters. The zero-order valence-corrected chi connectivity index (χ0v) is 17.7. The first kappa shape index (κ1) is 22.9. The molecule has 0 aromatic heterocycles. The van der Waals surface area contributed by atoms with Crippen LogP contribution in [0.3, 0.4) is 0 Å². The number of hydrogen-bond acceptors (Lipinski definition) is 4. The number of nitrogens with zero attached hydrogens (tertiary/aromatic N) is 1. The second kappa shape index (κ2) is 11.6. The molecular weight excluding hydrogens is 382 g/mol. The monoisotopic (exact) mass is 411 g/mol. The first-order valence-corrected chi connectivity index (χ1v) is 9.96. The van der Waals surface area contributed by atoms with Gasteiger partial charge in [-0.2, -0.15) is 0 Å². The number of amides is 3. The van der Waals surface area contributed by atoms with Gasteiger partial charge in [0.2, 0.25) is 17.7 Å². The molecule has 7 heteroatoms.